The van der Waals surface area contributed by atoms with Gasteiger partial charge in [-0.2, -0.15) is 0 Å². The minimum Gasteiger partial charge on any atom is -0.366 e. The van der Waals surface area contributed by atoms with Crippen LogP contribution in [0.1, 0.15) is 45.9 Å². The number of aromatic nitrogens is 2. The Kier molecular flexibility index (Phi) is 6.76. The van der Waals surface area contributed by atoms with E-state index in [1.165, 1.54) is 11.6 Å². The molecule has 36 heavy (non-hydrogen) atoms. The van der Waals surface area contributed by atoms with Gasteiger partial charge in [-0.15, -0.1) is 0 Å². The second-order valence-corrected chi connectivity index (χ2v) is 10.5. The van der Waals surface area contributed by atoms with Crippen molar-refractivity contribution in [3.63, 3.8) is 0 Å². The number of alkyl halides is 2. The van der Waals surface area contributed by atoms with Crippen LogP contribution in [0.4, 0.5) is 20.4 Å². The summed E-state index contributed by atoms with van der Waals surface area (Å²) in [5.74, 6) is 0.662. The Morgan fingerprint density at radius 3 is 2.42 bits per heavy atom. The van der Waals surface area contributed by atoms with E-state index in [4.69, 9.17) is 4.74 Å². The molecule has 1 aromatic heterocycles. The number of carbonyl (C=O) groups is 1. The maximum absolute atomic E-state index is 13.8. The molecule has 0 aromatic carbocycles. The lowest BCUT2D eigenvalue weighted by atomic mass is 9.82. The fourth-order valence-electron chi connectivity index (χ4n) is 6.21. The minimum atomic E-state index is -2.73. The zero-order valence-corrected chi connectivity index (χ0v) is 21.4. The van der Waals surface area contributed by atoms with E-state index in [-0.39, 0.29) is 23.6 Å². The number of ether oxygens (including phenoxy) is 1. The fourth-order valence-corrected chi connectivity index (χ4v) is 6.21. The number of amides is 1. The van der Waals surface area contributed by atoms with Crippen LogP contribution in [0.3, 0.4) is 0 Å². The van der Waals surface area contributed by atoms with Crippen LogP contribution in [0.15, 0.2) is 30.4 Å². The van der Waals surface area contributed by atoms with E-state index in [0.29, 0.717) is 50.5 Å². The van der Waals surface area contributed by atoms with E-state index in [1.54, 1.807) is 0 Å². The van der Waals surface area contributed by atoms with E-state index < -0.39 is 12.2 Å². The van der Waals surface area contributed by atoms with E-state index in [0.717, 1.165) is 25.9 Å². The molecule has 1 spiro atoms. The summed E-state index contributed by atoms with van der Waals surface area (Å²) in [5.41, 5.74) is 1.03. The summed E-state index contributed by atoms with van der Waals surface area (Å²) in [7, 11) is 0. The van der Waals surface area contributed by atoms with E-state index in [9.17, 15) is 13.6 Å². The zero-order chi connectivity index (χ0) is 25.6. The number of piperazine rings is 1. The molecule has 5 heterocycles. The number of piperidine rings is 1. The number of hydrogen-bond acceptors (Lipinski definition) is 7. The molecule has 1 amide bonds. The van der Waals surface area contributed by atoms with Gasteiger partial charge in [0.15, 0.2) is 5.82 Å². The lowest BCUT2D eigenvalue weighted by Crippen LogP contribution is -2.68. The first kappa shape index (κ1) is 25.1. The Labute approximate surface area is 211 Å². The highest BCUT2D eigenvalue weighted by atomic mass is 19.3. The molecule has 4 aliphatic heterocycles. The molecule has 0 N–H and O–H groups in total. The lowest BCUT2D eigenvalue weighted by Gasteiger charge is -2.53. The van der Waals surface area contributed by atoms with Crippen LogP contribution in [0.25, 0.3) is 0 Å². The van der Waals surface area contributed by atoms with Crippen LogP contribution in [-0.4, -0.2) is 95.3 Å². The first-order valence-electron chi connectivity index (χ1n) is 12.9. The number of rotatable bonds is 5. The molecule has 0 radical (unpaired) electrons. The Morgan fingerprint density at radius 2 is 1.86 bits per heavy atom. The van der Waals surface area contributed by atoms with Crippen molar-refractivity contribution in [1.82, 2.24) is 19.8 Å². The summed E-state index contributed by atoms with van der Waals surface area (Å²) in [6.07, 6.45) is 2.38. The molecular weight excluding hydrogens is 466 g/mol. The maximum Gasteiger partial charge on any atom is 0.297 e. The predicted molar refractivity (Wildman–Crippen MR) is 134 cm³/mol. The van der Waals surface area contributed by atoms with Crippen molar-refractivity contribution >= 4 is 17.5 Å². The molecule has 0 bridgehead atoms. The average Bonchev–Trinajstić information content (AvgIpc) is 3.21. The molecule has 4 atom stereocenters. The molecule has 10 heteroatoms. The third-order valence-corrected chi connectivity index (χ3v) is 8.58. The van der Waals surface area contributed by atoms with Crippen LogP contribution >= 0.6 is 0 Å². The molecule has 1 aromatic rings. The summed E-state index contributed by atoms with van der Waals surface area (Å²) in [5, 5.41) is 0. The van der Waals surface area contributed by atoms with Crippen molar-refractivity contribution in [1.29, 1.82) is 0 Å². The van der Waals surface area contributed by atoms with Gasteiger partial charge in [-0.05, 0) is 38.8 Å². The Morgan fingerprint density at radius 1 is 1.17 bits per heavy atom. The van der Waals surface area contributed by atoms with Gasteiger partial charge >= 0.3 is 0 Å². The Bertz CT molecular complexity index is 1040. The van der Waals surface area contributed by atoms with Gasteiger partial charge < -0.3 is 19.4 Å². The van der Waals surface area contributed by atoms with Crippen molar-refractivity contribution in [3.8, 4) is 0 Å². The smallest absolute Gasteiger partial charge is 0.297 e. The molecule has 1 unspecified atom stereocenters. The molecule has 3 fully saturated rings. The first-order valence-corrected chi connectivity index (χ1v) is 12.9. The van der Waals surface area contributed by atoms with Gasteiger partial charge in [-0.25, -0.2) is 18.7 Å². The fraction of sp³-hybridized carbons (Fsp3) is 0.654. The molecule has 0 saturated carbocycles. The van der Waals surface area contributed by atoms with Gasteiger partial charge in [0, 0.05) is 69.9 Å². The highest BCUT2D eigenvalue weighted by Gasteiger charge is 2.44. The largest absolute Gasteiger partial charge is 0.366 e. The monoisotopic (exact) mass is 502 g/mol. The molecule has 8 nitrogen and oxygen atoms in total. The second kappa shape index (κ2) is 9.70. The van der Waals surface area contributed by atoms with Crippen LogP contribution in [0.5, 0.6) is 0 Å². The van der Waals surface area contributed by atoms with Crippen LogP contribution < -0.4 is 9.80 Å². The second-order valence-electron chi connectivity index (χ2n) is 10.5. The average molecular weight is 503 g/mol. The zero-order valence-electron chi connectivity index (χ0n) is 21.4. The van der Waals surface area contributed by atoms with Gasteiger partial charge in [0.05, 0.1) is 12.2 Å². The highest BCUT2D eigenvalue weighted by Crippen LogP contribution is 2.41. The molecule has 196 valence electrons. The normalized spacial score (nSPS) is 31.1. The molecular formula is C26H36F2N6O2. The molecule has 5 rings (SSSR count). The van der Waals surface area contributed by atoms with E-state index in [1.807, 2.05) is 11.0 Å². The quantitative estimate of drug-likeness (QED) is 0.453. The summed E-state index contributed by atoms with van der Waals surface area (Å²) in [4.78, 5) is 28.8. The van der Waals surface area contributed by atoms with E-state index >= 15 is 0 Å². The molecule has 0 aliphatic carbocycles. The number of halogens is 2. The SMILES string of the molecule is C=CC(=O)N1CCN([C@@H]2CN(c3cc(N4CCC5(C[C@H]4C)OCC=C5C)nc(C(F)F)n3)[C@@H]2C)CC1. The topological polar surface area (TPSA) is 65.0 Å². The third kappa shape index (κ3) is 4.38. The van der Waals surface area contributed by atoms with Gasteiger partial charge in [0.2, 0.25) is 5.91 Å². The lowest BCUT2D eigenvalue weighted by molar-refractivity contribution is -0.128. The van der Waals surface area contributed by atoms with E-state index in [2.05, 4.69) is 58.1 Å². The van der Waals surface area contributed by atoms with Crippen LogP contribution in [-0.2, 0) is 9.53 Å². The maximum atomic E-state index is 13.8. The summed E-state index contributed by atoms with van der Waals surface area (Å²) in [6.45, 7) is 14.9. The van der Waals surface area contributed by atoms with Gasteiger partial charge in [-0.3, -0.25) is 9.69 Å². The predicted octanol–water partition coefficient (Wildman–Crippen LogP) is 3.03. The first-order chi connectivity index (χ1) is 17.2. The van der Waals surface area contributed by atoms with Crippen molar-refractivity contribution in [2.75, 3.05) is 55.7 Å². The van der Waals surface area contributed by atoms with Crippen molar-refractivity contribution in [3.05, 3.63) is 36.2 Å². The summed E-state index contributed by atoms with van der Waals surface area (Å²) >= 11 is 0. The highest BCUT2D eigenvalue weighted by molar-refractivity contribution is 5.87. The Hall–Kier alpha value is -2.59. The van der Waals surface area contributed by atoms with Crippen molar-refractivity contribution in [2.24, 2.45) is 0 Å². The summed E-state index contributed by atoms with van der Waals surface area (Å²) in [6, 6.07) is 2.39. The molecule has 3 saturated heterocycles. The number of carbonyl (C=O) groups excluding carboxylic acids is 1. The summed E-state index contributed by atoms with van der Waals surface area (Å²) < 4.78 is 33.8. The third-order valence-electron chi connectivity index (χ3n) is 8.58. The van der Waals surface area contributed by atoms with Crippen LogP contribution in [0, 0.1) is 0 Å². The number of nitrogens with zero attached hydrogens (tertiary/aromatic N) is 6. The van der Waals surface area contributed by atoms with Crippen molar-refractivity contribution < 1.29 is 18.3 Å². The van der Waals surface area contributed by atoms with Gasteiger partial charge in [-0.1, -0.05) is 12.7 Å². The molecule has 4 aliphatic rings. The van der Waals surface area contributed by atoms with Crippen LogP contribution in [0.2, 0.25) is 0 Å². The van der Waals surface area contributed by atoms with Gasteiger partial charge in [0.25, 0.3) is 6.43 Å². The number of hydrogen-bond donors (Lipinski definition) is 0. The standard InChI is InChI=1S/C26H36F2N6O2/c1-5-23(35)32-11-9-31(10-12-32)20-16-34(19(20)4)22-14-21(29-25(30-22)24(27)28)33-8-7-26(15-18(33)3)17(2)6-13-36-26/h5-6,14,18-20,24H,1,7-13,15-16H2,2-4H3/t18-,19-,20-,26?/m1/s1. The van der Waals surface area contributed by atoms with Crippen molar-refractivity contribution in [2.45, 2.75) is 63.8 Å². The number of anilines is 2. The minimum absolute atomic E-state index is 0.0329. The van der Waals surface area contributed by atoms with Gasteiger partial charge in [0.1, 0.15) is 11.6 Å². The Balaban J connectivity index is 1.29.